The van der Waals surface area contributed by atoms with Crippen molar-refractivity contribution in [1.82, 2.24) is 15.0 Å². The van der Waals surface area contributed by atoms with Crippen molar-refractivity contribution in [2.45, 2.75) is 0 Å². The molecule has 0 bridgehead atoms. The van der Waals surface area contributed by atoms with Gasteiger partial charge in [-0.3, -0.25) is 0 Å². The third kappa shape index (κ3) is 5.40. The maximum Gasteiger partial charge on any atom is 0.164 e. The Morgan fingerprint density at radius 3 is 1.61 bits per heavy atom. The van der Waals surface area contributed by atoms with E-state index in [1.54, 1.807) is 0 Å². The minimum absolute atomic E-state index is 0.619. The van der Waals surface area contributed by atoms with E-state index < -0.39 is 0 Å². The van der Waals surface area contributed by atoms with Gasteiger partial charge in [0.25, 0.3) is 0 Å². The van der Waals surface area contributed by atoms with E-state index in [4.69, 9.17) is 19.4 Å². The van der Waals surface area contributed by atoms with E-state index in [0.29, 0.717) is 17.5 Å². The van der Waals surface area contributed by atoms with Gasteiger partial charge in [0.1, 0.15) is 11.2 Å². The van der Waals surface area contributed by atoms with E-state index in [-0.39, 0.29) is 0 Å². The van der Waals surface area contributed by atoms with Crippen LogP contribution in [0.1, 0.15) is 0 Å². The number of fused-ring (bicyclic) bond motifs is 6. The lowest BCUT2D eigenvalue weighted by Crippen LogP contribution is -2.00. The van der Waals surface area contributed by atoms with Crippen molar-refractivity contribution in [2.24, 2.45) is 0 Å². The van der Waals surface area contributed by atoms with Crippen LogP contribution in [-0.4, -0.2) is 15.0 Å². The fourth-order valence-corrected chi connectivity index (χ4v) is 9.10. The molecule has 262 valence electrons. The average Bonchev–Trinajstić information content (AvgIpc) is 3.86. The summed E-state index contributed by atoms with van der Waals surface area (Å²) in [5, 5.41) is 4.70. The monoisotopic (exact) mass is 733 g/mol. The zero-order valence-corrected chi connectivity index (χ0v) is 30.9. The van der Waals surface area contributed by atoms with Gasteiger partial charge >= 0.3 is 0 Å². The maximum absolute atomic E-state index is 6.89. The predicted molar refractivity (Wildman–Crippen MR) is 233 cm³/mol. The largest absolute Gasteiger partial charge is 0.455 e. The molecule has 0 saturated carbocycles. The third-order valence-corrected chi connectivity index (χ3v) is 11.7. The number of nitrogens with zero attached hydrogens (tertiary/aromatic N) is 3. The molecule has 0 aliphatic carbocycles. The van der Waals surface area contributed by atoms with Crippen LogP contribution in [0, 0.1) is 0 Å². The Morgan fingerprint density at radius 1 is 0.357 bits per heavy atom. The maximum atomic E-state index is 6.89. The second kappa shape index (κ2) is 13.3. The smallest absolute Gasteiger partial charge is 0.164 e. The van der Waals surface area contributed by atoms with Crippen LogP contribution in [0.5, 0.6) is 0 Å². The van der Waals surface area contributed by atoms with Gasteiger partial charge in [0.2, 0.25) is 0 Å². The molecule has 4 nitrogen and oxygen atoms in total. The summed E-state index contributed by atoms with van der Waals surface area (Å²) in [5.41, 5.74) is 11.2. The number of thiophene rings is 1. The van der Waals surface area contributed by atoms with Crippen molar-refractivity contribution < 1.29 is 4.42 Å². The molecule has 0 spiro atoms. The number of aromatic nitrogens is 3. The highest BCUT2D eigenvalue weighted by atomic mass is 32.1. The molecule has 11 rings (SSSR count). The van der Waals surface area contributed by atoms with Crippen molar-refractivity contribution in [3.63, 3.8) is 0 Å². The van der Waals surface area contributed by atoms with E-state index in [2.05, 4.69) is 121 Å². The zero-order chi connectivity index (χ0) is 37.0. The summed E-state index contributed by atoms with van der Waals surface area (Å²) in [5.74, 6) is 1.89. The topological polar surface area (TPSA) is 51.8 Å². The predicted octanol–water partition coefficient (Wildman–Crippen LogP) is 14.1. The van der Waals surface area contributed by atoms with Crippen LogP contribution < -0.4 is 0 Å². The average molecular weight is 734 g/mol. The highest BCUT2D eigenvalue weighted by Crippen LogP contribution is 2.48. The first-order valence-corrected chi connectivity index (χ1v) is 19.5. The summed E-state index contributed by atoms with van der Waals surface area (Å²) < 4.78 is 9.44. The number of hydrogen-bond donors (Lipinski definition) is 0. The molecule has 3 heterocycles. The van der Waals surface area contributed by atoms with E-state index in [9.17, 15) is 0 Å². The lowest BCUT2D eigenvalue weighted by atomic mass is 9.88. The molecule has 5 heteroatoms. The van der Waals surface area contributed by atoms with Gasteiger partial charge in [-0.1, -0.05) is 158 Å². The van der Waals surface area contributed by atoms with Crippen LogP contribution >= 0.6 is 11.3 Å². The third-order valence-electron chi connectivity index (χ3n) is 10.6. The Hall–Kier alpha value is -7.21. The molecule has 0 unspecified atom stereocenters. The van der Waals surface area contributed by atoms with Crippen molar-refractivity contribution in [2.75, 3.05) is 0 Å². The standard InChI is InChI=1S/C51H31N3OS/c1-4-15-32(16-5-1)45-38(29-30-44-47(45)41-24-11-13-26-43(41)56-44)39-28-27-37(46-40-23-10-12-25-42(40)55-48(39)46)35-21-14-22-36(31-35)51-53-49(33-17-6-2-7-18-33)52-50(54-51)34-19-8-3-9-20-34/h1-31H. The molecule has 0 saturated heterocycles. The quantitative estimate of drug-likeness (QED) is 0.171. The summed E-state index contributed by atoms with van der Waals surface area (Å²) in [6.07, 6.45) is 0. The molecule has 0 aliphatic rings. The summed E-state index contributed by atoms with van der Waals surface area (Å²) in [6, 6.07) is 65.6. The fourth-order valence-electron chi connectivity index (χ4n) is 7.99. The van der Waals surface area contributed by atoms with Crippen LogP contribution in [-0.2, 0) is 0 Å². The van der Waals surface area contributed by atoms with E-state index >= 15 is 0 Å². The Morgan fingerprint density at radius 2 is 0.893 bits per heavy atom. The number of hydrogen-bond acceptors (Lipinski definition) is 5. The van der Waals surface area contributed by atoms with Crippen LogP contribution in [0.15, 0.2) is 192 Å². The highest BCUT2D eigenvalue weighted by molar-refractivity contribution is 7.26. The molecule has 0 N–H and O–H groups in total. The molecule has 0 fully saturated rings. The molecule has 0 aliphatic heterocycles. The molecule has 8 aromatic carbocycles. The van der Waals surface area contributed by atoms with Crippen molar-refractivity contribution >= 4 is 53.4 Å². The summed E-state index contributed by atoms with van der Waals surface area (Å²) in [7, 11) is 0. The highest BCUT2D eigenvalue weighted by Gasteiger charge is 2.22. The molecular formula is C51H31N3OS. The van der Waals surface area contributed by atoms with Crippen molar-refractivity contribution in [3.8, 4) is 67.5 Å². The van der Waals surface area contributed by atoms with Gasteiger partial charge in [0, 0.05) is 53.2 Å². The van der Waals surface area contributed by atoms with Crippen LogP contribution in [0.25, 0.3) is 110 Å². The second-order valence-electron chi connectivity index (χ2n) is 13.9. The second-order valence-corrected chi connectivity index (χ2v) is 15.0. The minimum Gasteiger partial charge on any atom is -0.455 e. The lowest BCUT2D eigenvalue weighted by Gasteiger charge is -2.15. The minimum atomic E-state index is 0.619. The van der Waals surface area contributed by atoms with Gasteiger partial charge in [0.05, 0.1) is 0 Å². The molecule has 0 amide bonds. The van der Waals surface area contributed by atoms with Crippen LogP contribution in [0.2, 0.25) is 0 Å². The first-order valence-electron chi connectivity index (χ1n) is 18.7. The van der Waals surface area contributed by atoms with Gasteiger partial charge < -0.3 is 4.42 Å². The normalized spacial score (nSPS) is 11.6. The first-order chi connectivity index (χ1) is 27.8. The molecular weight excluding hydrogens is 703 g/mol. The molecule has 56 heavy (non-hydrogen) atoms. The summed E-state index contributed by atoms with van der Waals surface area (Å²) >= 11 is 1.84. The Labute approximate surface area is 327 Å². The molecule has 11 aromatic rings. The number of benzene rings is 8. The number of para-hydroxylation sites is 1. The zero-order valence-electron chi connectivity index (χ0n) is 30.1. The number of rotatable bonds is 6. The fraction of sp³-hybridized carbons (Fsp3) is 0. The SMILES string of the molecule is c1ccc(-c2nc(-c3ccccc3)nc(-c3cccc(-c4ccc(-c5ccc6sc7ccccc7c6c5-c5ccccc5)c5oc6ccccc6c45)c3)n2)cc1. The van der Waals surface area contributed by atoms with E-state index in [1.807, 2.05) is 78.1 Å². The Kier molecular flexibility index (Phi) is 7.64. The van der Waals surface area contributed by atoms with Gasteiger partial charge in [-0.05, 0) is 58.1 Å². The lowest BCUT2D eigenvalue weighted by molar-refractivity contribution is 0.670. The Bertz CT molecular complexity index is 3180. The van der Waals surface area contributed by atoms with Gasteiger partial charge in [0.15, 0.2) is 17.5 Å². The first kappa shape index (κ1) is 32.2. The Balaban J connectivity index is 1.13. The molecule has 0 atom stereocenters. The molecule has 0 radical (unpaired) electrons. The van der Waals surface area contributed by atoms with Gasteiger partial charge in [-0.15, -0.1) is 11.3 Å². The van der Waals surface area contributed by atoms with E-state index in [0.717, 1.165) is 60.9 Å². The number of furan rings is 1. The molecule has 3 aromatic heterocycles. The van der Waals surface area contributed by atoms with Crippen LogP contribution in [0.4, 0.5) is 0 Å². The summed E-state index contributed by atoms with van der Waals surface area (Å²) in [6.45, 7) is 0. The summed E-state index contributed by atoms with van der Waals surface area (Å²) in [4.78, 5) is 15.0. The van der Waals surface area contributed by atoms with Crippen LogP contribution in [0.3, 0.4) is 0 Å². The van der Waals surface area contributed by atoms with Crippen molar-refractivity contribution in [3.05, 3.63) is 188 Å². The van der Waals surface area contributed by atoms with Gasteiger partial charge in [-0.25, -0.2) is 15.0 Å². The van der Waals surface area contributed by atoms with Crippen molar-refractivity contribution in [1.29, 1.82) is 0 Å². The van der Waals surface area contributed by atoms with Gasteiger partial charge in [-0.2, -0.15) is 0 Å². The van der Waals surface area contributed by atoms with E-state index in [1.165, 1.54) is 31.3 Å².